The van der Waals surface area contributed by atoms with E-state index in [1.165, 1.54) is 0 Å². The fourth-order valence-corrected chi connectivity index (χ4v) is 4.43. The van der Waals surface area contributed by atoms with Crippen molar-refractivity contribution in [2.24, 2.45) is 5.92 Å². The Morgan fingerprint density at radius 3 is 2.74 bits per heavy atom. The van der Waals surface area contributed by atoms with Crippen LogP contribution in [0.5, 0.6) is 5.75 Å². The van der Waals surface area contributed by atoms with Crippen LogP contribution in [-0.2, 0) is 20.8 Å². The largest absolute Gasteiger partial charge is 0.497 e. The molecule has 1 aliphatic rings. The van der Waals surface area contributed by atoms with Crippen LogP contribution >= 0.6 is 0 Å². The summed E-state index contributed by atoms with van der Waals surface area (Å²) in [6.07, 6.45) is 1.27. The zero-order chi connectivity index (χ0) is 24.1. The summed E-state index contributed by atoms with van der Waals surface area (Å²) in [4.78, 5) is 30.6. The molecular weight excluding hydrogens is 440 g/mol. The predicted molar refractivity (Wildman–Crippen MR) is 124 cm³/mol. The fourth-order valence-electron chi connectivity index (χ4n) is 4.43. The molecule has 4 rings (SSSR count). The van der Waals surface area contributed by atoms with Gasteiger partial charge in [0.1, 0.15) is 11.8 Å². The number of tetrazole rings is 1. The van der Waals surface area contributed by atoms with E-state index in [0.29, 0.717) is 68.3 Å². The highest BCUT2D eigenvalue weighted by Gasteiger charge is 2.35. The summed E-state index contributed by atoms with van der Waals surface area (Å²) in [6.45, 7) is 4.26. The smallest absolute Gasteiger partial charge is 0.309 e. The number of methoxy groups -OCH3 is 2. The lowest BCUT2D eigenvalue weighted by molar-refractivity contribution is -0.149. The van der Waals surface area contributed by atoms with E-state index < -0.39 is 6.04 Å². The standard InChI is InChI=1S/C23H30N6O5/c1-4-34-23(31)15-7-9-28(10-8-15)20(21-25-26-27-29(21)11-12-32-2)18-14-16-13-17(33-3)5-6-19(16)24-22(18)30/h5-6,13-15,20H,4,7-12H2,1-3H3,(H,24,30). The third-order valence-corrected chi connectivity index (χ3v) is 6.20. The molecule has 1 atom stereocenters. The Balaban J connectivity index is 1.74. The van der Waals surface area contributed by atoms with Gasteiger partial charge in [-0.15, -0.1) is 5.10 Å². The number of aromatic nitrogens is 5. The lowest BCUT2D eigenvalue weighted by atomic mass is 9.94. The Hall–Kier alpha value is -3.31. The second-order valence-corrected chi connectivity index (χ2v) is 8.22. The van der Waals surface area contributed by atoms with Crippen molar-refractivity contribution in [1.29, 1.82) is 0 Å². The molecule has 3 heterocycles. The van der Waals surface area contributed by atoms with Gasteiger partial charge >= 0.3 is 5.97 Å². The van der Waals surface area contributed by atoms with Gasteiger partial charge in [0.2, 0.25) is 0 Å². The summed E-state index contributed by atoms with van der Waals surface area (Å²) in [5, 5.41) is 13.1. The number of piperidine rings is 1. The van der Waals surface area contributed by atoms with E-state index >= 15 is 0 Å². The molecule has 1 aliphatic heterocycles. The minimum Gasteiger partial charge on any atom is -0.497 e. The van der Waals surface area contributed by atoms with Crippen LogP contribution in [0.3, 0.4) is 0 Å². The molecule has 0 saturated carbocycles. The van der Waals surface area contributed by atoms with Crippen molar-refractivity contribution in [3.63, 3.8) is 0 Å². The molecule has 1 aromatic carbocycles. The van der Waals surface area contributed by atoms with Gasteiger partial charge in [0.05, 0.1) is 32.8 Å². The van der Waals surface area contributed by atoms with E-state index in [2.05, 4.69) is 25.4 Å². The molecule has 34 heavy (non-hydrogen) atoms. The van der Waals surface area contributed by atoms with Crippen LogP contribution in [0.25, 0.3) is 10.9 Å². The van der Waals surface area contributed by atoms with Gasteiger partial charge in [-0.2, -0.15) is 0 Å². The molecule has 1 N–H and O–H groups in total. The van der Waals surface area contributed by atoms with Crippen LogP contribution in [0.4, 0.5) is 0 Å². The lowest BCUT2D eigenvalue weighted by Crippen LogP contribution is -2.42. The van der Waals surface area contributed by atoms with Crippen LogP contribution in [-0.4, -0.2) is 76.6 Å². The van der Waals surface area contributed by atoms with Crippen molar-refractivity contribution in [3.8, 4) is 5.75 Å². The lowest BCUT2D eigenvalue weighted by Gasteiger charge is -2.36. The molecule has 11 nitrogen and oxygen atoms in total. The second kappa shape index (κ2) is 10.7. The zero-order valence-corrected chi connectivity index (χ0v) is 19.7. The third-order valence-electron chi connectivity index (χ3n) is 6.20. The number of pyridine rings is 1. The minimum atomic E-state index is -0.491. The molecule has 0 spiro atoms. The molecule has 182 valence electrons. The fraction of sp³-hybridized carbons (Fsp3) is 0.522. The molecule has 0 radical (unpaired) electrons. The molecule has 1 unspecified atom stereocenters. The summed E-state index contributed by atoms with van der Waals surface area (Å²) in [5.41, 5.74) is 1.04. The average molecular weight is 471 g/mol. The summed E-state index contributed by atoms with van der Waals surface area (Å²) in [7, 11) is 3.22. The number of H-pyrrole nitrogens is 1. The first kappa shape index (κ1) is 23.8. The summed E-state index contributed by atoms with van der Waals surface area (Å²) in [5.74, 6) is 0.932. The Bertz CT molecular complexity index is 1180. The number of rotatable bonds is 9. The number of aromatic amines is 1. The van der Waals surface area contributed by atoms with Crippen LogP contribution in [0.2, 0.25) is 0 Å². The molecule has 0 amide bonds. The number of fused-ring (bicyclic) bond motifs is 1. The zero-order valence-electron chi connectivity index (χ0n) is 19.7. The maximum Gasteiger partial charge on any atom is 0.309 e. The molecular formula is C23H30N6O5. The molecule has 1 saturated heterocycles. The molecule has 0 aliphatic carbocycles. The number of hydrogen-bond acceptors (Lipinski definition) is 9. The van der Waals surface area contributed by atoms with Crippen molar-refractivity contribution in [2.45, 2.75) is 32.4 Å². The van der Waals surface area contributed by atoms with E-state index in [1.54, 1.807) is 25.0 Å². The predicted octanol–water partition coefficient (Wildman–Crippen LogP) is 1.53. The van der Waals surface area contributed by atoms with Crippen LogP contribution < -0.4 is 10.3 Å². The highest BCUT2D eigenvalue weighted by atomic mass is 16.5. The average Bonchev–Trinajstić information content (AvgIpc) is 3.31. The van der Waals surface area contributed by atoms with Gasteiger partial charge < -0.3 is 19.2 Å². The van der Waals surface area contributed by atoms with E-state index in [1.807, 2.05) is 25.1 Å². The Morgan fingerprint density at radius 2 is 2.03 bits per heavy atom. The number of carbonyl (C=O) groups excluding carboxylic acids is 1. The van der Waals surface area contributed by atoms with Gasteiger partial charge in [0.25, 0.3) is 5.56 Å². The molecule has 3 aromatic rings. The van der Waals surface area contributed by atoms with Crippen LogP contribution in [0.15, 0.2) is 29.1 Å². The first-order valence-corrected chi connectivity index (χ1v) is 11.4. The maximum absolute atomic E-state index is 13.3. The highest BCUT2D eigenvalue weighted by molar-refractivity contribution is 5.80. The topological polar surface area (TPSA) is 124 Å². The number of likely N-dealkylation sites (tertiary alicyclic amines) is 1. The van der Waals surface area contributed by atoms with Gasteiger partial charge in [-0.3, -0.25) is 14.5 Å². The van der Waals surface area contributed by atoms with Crippen molar-refractivity contribution < 1.29 is 19.0 Å². The number of esters is 1. The second-order valence-electron chi connectivity index (χ2n) is 8.22. The third kappa shape index (κ3) is 4.95. The monoisotopic (exact) mass is 470 g/mol. The highest BCUT2D eigenvalue weighted by Crippen LogP contribution is 2.31. The Labute approximate surface area is 197 Å². The number of nitrogens with zero attached hydrogens (tertiary/aromatic N) is 5. The quantitative estimate of drug-likeness (QED) is 0.464. The molecule has 2 aromatic heterocycles. The summed E-state index contributed by atoms with van der Waals surface area (Å²) >= 11 is 0. The van der Waals surface area contributed by atoms with Gasteiger partial charge in [-0.25, -0.2) is 4.68 Å². The van der Waals surface area contributed by atoms with Crippen molar-refractivity contribution in [2.75, 3.05) is 40.5 Å². The van der Waals surface area contributed by atoms with Crippen molar-refractivity contribution in [1.82, 2.24) is 30.1 Å². The van der Waals surface area contributed by atoms with Crippen LogP contribution in [0, 0.1) is 5.92 Å². The minimum absolute atomic E-state index is 0.152. The van der Waals surface area contributed by atoms with Crippen molar-refractivity contribution >= 4 is 16.9 Å². The van der Waals surface area contributed by atoms with E-state index in [4.69, 9.17) is 14.2 Å². The normalized spacial score (nSPS) is 16.0. The first-order chi connectivity index (χ1) is 16.5. The van der Waals surface area contributed by atoms with E-state index in [9.17, 15) is 9.59 Å². The molecule has 0 bridgehead atoms. The van der Waals surface area contributed by atoms with Crippen molar-refractivity contribution in [3.05, 3.63) is 46.0 Å². The van der Waals surface area contributed by atoms with Gasteiger partial charge in [-0.05, 0) is 54.5 Å². The maximum atomic E-state index is 13.3. The Kier molecular flexibility index (Phi) is 7.53. The number of hydrogen-bond donors (Lipinski definition) is 1. The van der Waals surface area contributed by atoms with Crippen LogP contribution in [0.1, 0.15) is 37.2 Å². The number of ether oxygens (including phenoxy) is 3. The molecule has 11 heteroatoms. The van der Waals surface area contributed by atoms with Gasteiger partial charge in [0, 0.05) is 36.7 Å². The summed E-state index contributed by atoms with van der Waals surface area (Å²) < 4.78 is 17.4. The number of carbonyl (C=O) groups is 1. The first-order valence-electron chi connectivity index (χ1n) is 11.4. The SMILES string of the molecule is CCOC(=O)C1CCN(C(c2cc3cc(OC)ccc3[nH]c2=O)c2nnnn2CCOC)CC1. The van der Waals surface area contributed by atoms with E-state index in [0.717, 1.165) is 5.39 Å². The molecule has 1 fully saturated rings. The number of nitrogens with one attached hydrogen (secondary N) is 1. The summed E-state index contributed by atoms with van der Waals surface area (Å²) in [6, 6.07) is 6.89. The van der Waals surface area contributed by atoms with E-state index in [-0.39, 0.29) is 17.4 Å². The number of benzene rings is 1. The van der Waals surface area contributed by atoms with Gasteiger partial charge in [-0.1, -0.05) is 0 Å². The Morgan fingerprint density at radius 1 is 1.24 bits per heavy atom. The van der Waals surface area contributed by atoms with Gasteiger partial charge in [0.15, 0.2) is 5.82 Å².